The van der Waals surface area contributed by atoms with E-state index >= 15 is 0 Å². The Labute approximate surface area is 186 Å². The Kier molecular flexibility index (Phi) is 6.25. The average molecular weight is 437 g/mol. The Morgan fingerprint density at radius 2 is 1.97 bits per heavy atom. The average Bonchev–Trinajstić information content (AvgIpc) is 3.27. The van der Waals surface area contributed by atoms with Crippen LogP contribution in [0.15, 0.2) is 59.6 Å². The molecule has 0 spiro atoms. The molecule has 1 fully saturated rings. The van der Waals surface area contributed by atoms with E-state index in [2.05, 4.69) is 54.2 Å². The number of hydrogen-bond acceptors (Lipinski definition) is 4. The number of aromatic nitrogens is 1. The van der Waals surface area contributed by atoms with Gasteiger partial charge in [-0.05, 0) is 36.1 Å². The molecule has 3 aromatic rings. The number of hydrogen-bond donors (Lipinski definition) is 1. The molecule has 1 aliphatic heterocycles. The van der Waals surface area contributed by atoms with Crippen LogP contribution in [0.4, 0.5) is 0 Å². The molecule has 0 aliphatic carbocycles. The predicted molar refractivity (Wildman–Crippen MR) is 129 cm³/mol. The first-order valence-electron chi connectivity index (χ1n) is 10.1. The van der Waals surface area contributed by atoms with Gasteiger partial charge in [0.05, 0.1) is 11.4 Å². The van der Waals surface area contributed by atoms with Gasteiger partial charge in [0.25, 0.3) is 5.91 Å². The van der Waals surface area contributed by atoms with Crippen LogP contribution in [0.2, 0.25) is 0 Å². The summed E-state index contributed by atoms with van der Waals surface area (Å²) in [5.74, 6) is 1.29. The molecule has 4 nitrogen and oxygen atoms in total. The fraction of sp³-hybridized carbons (Fsp3) is 0.250. The third-order valence-corrected chi connectivity index (χ3v) is 6.56. The van der Waals surface area contributed by atoms with Crippen molar-refractivity contribution in [2.45, 2.75) is 32.7 Å². The van der Waals surface area contributed by atoms with Gasteiger partial charge in [-0.3, -0.25) is 4.79 Å². The number of para-hydroxylation sites is 2. The fourth-order valence-electron chi connectivity index (χ4n) is 3.63. The summed E-state index contributed by atoms with van der Waals surface area (Å²) in [7, 11) is 0. The molecule has 4 rings (SSSR count). The molecular formula is C24H24N2O2S2. The quantitative estimate of drug-likeness (QED) is 0.380. The summed E-state index contributed by atoms with van der Waals surface area (Å²) >= 11 is 6.41. The standard InChI is InChI=1S/C24H24N2O2S2/c1-3-16(2)18-8-5-7-11-21(18)28-13-12-26-15-17(19-9-4-6-10-20(19)26)14-22-23(27)25-24(29)30-22/h4-11,14-16H,3,12-13H2,1-2H3,(H,25,27,29)/b22-14+/t16-/m0/s1. The van der Waals surface area contributed by atoms with Crippen LogP contribution in [-0.4, -0.2) is 21.4 Å². The summed E-state index contributed by atoms with van der Waals surface area (Å²) in [5.41, 5.74) is 3.38. The lowest BCUT2D eigenvalue weighted by Crippen LogP contribution is -2.17. The Hall–Kier alpha value is -2.57. The summed E-state index contributed by atoms with van der Waals surface area (Å²) in [6, 6.07) is 16.5. The fourth-order valence-corrected chi connectivity index (χ4v) is 4.67. The van der Waals surface area contributed by atoms with E-state index in [0.717, 1.165) is 35.2 Å². The van der Waals surface area contributed by atoms with Crippen LogP contribution < -0.4 is 10.1 Å². The molecule has 6 heteroatoms. The maximum Gasteiger partial charge on any atom is 0.263 e. The van der Waals surface area contributed by atoms with Gasteiger partial charge in [-0.1, -0.05) is 74.2 Å². The van der Waals surface area contributed by atoms with E-state index in [4.69, 9.17) is 17.0 Å². The maximum absolute atomic E-state index is 12.1. The molecule has 154 valence electrons. The Morgan fingerprint density at radius 1 is 1.20 bits per heavy atom. The molecule has 2 aromatic carbocycles. The predicted octanol–water partition coefficient (Wildman–Crippen LogP) is 5.72. The monoisotopic (exact) mass is 436 g/mol. The summed E-state index contributed by atoms with van der Waals surface area (Å²) in [4.78, 5) is 12.7. The smallest absolute Gasteiger partial charge is 0.263 e. The number of benzene rings is 2. The number of thiocarbonyl (C=S) groups is 1. The molecule has 0 saturated carbocycles. The van der Waals surface area contributed by atoms with E-state index in [1.807, 2.05) is 30.3 Å². The number of nitrogens with one attached hydrogen (secondary N) is 1. The van der Waals surface area contributed by atoms with Crippen molar-refractivity contribution in [3.63, 3.8) is 0 Å². The summed E-state index contributed by atoms with van der Waals surface area (Å²) < 4.78 is 8.85. The Balaban J connectivity index is 1.56. The highest BCUT2D eigenvalue weighted by Crippen LogP contribution is 2.31. The van der Waals surface area contributed by atoms with Gasteiger partial charge in [0.15, 0.2) is 0 Å². The molecule has 0 bridgehead atoms. The second kappa shape index (κ2) is 9.06. The minimum Gasteiger partial charge on any atom is -0.491 e. The number of rotatable bonds is 7. The zero-order chi connectivity index (χ0) is 21.1. The van der Waals surface area contributed by atoms with Crippen LogP contribution in [0.5, 0.6) is 5.75 Å². The van der Waals surface area contributed by atoms with Crippen molar-refractivity contribution >= 4 is 51.2 Å². The lowest BCUT2D eigenvalue weighted by molar-refractivity contribution is -0.115. The van der Waals surface area contributed by atoms with E-state index in [0.29, 0.717) is 21.8 Å². The number of carbonyl (C=O) groups excluding carboxylic acids is 1. The van der Waals surface area contributed by atoms with Crippen LogP contribution in [0, 0.1) is 0 Å². The van der Waals surface area contributed by atoms with Gasteiger partial charge in [-0.15, -0.1) is 0 Å². The van der Waals surface area contributed by atoms with Crippen molar-refractivity contribution in [2.75, 3.05) is 6.61 Å². The highest BCUT2D eigenvalue weighted by molar-refractivity contribution is 8.26. The second-order valence-corrected chi connectivity index (χ2v) is 9.06. The summed E-state index contributed by atoms with van der Waals surface area (Å²) in [5, 5.41) is 3.78. The third-order valence-electron chi connectivity index (χ3n) is 5.40. The molecule has 2 heterocycles. The number of nitrogens with zero attached hydrogens (tertiary/aromatic N) is 1. The second-order valence-electron chi connectivity index (χ2n) is 7.34. The van der Waals surface area contributed by atoms with Crippen LogP contribution in [-0.2, 0) is 11.3 Å². The SMILES string of the molecule is CC[C@H](C)c1ccccc1OCCn1cc(/C=C2/SC(=S)NC2=O)c2ccccc21. The van der Waals surface area contributed by atoms with Gasteiger partial charge in [0.2, 0.25) is 0 Å². The van der Waals surface area contributed by atoms with Crippen molar-refractivity contribution < 1.29 is 9.53 Å². The third kappa shape index (κ3) is 4.30. The minimum absolute atomic E-state index is 0.133. The van der Waals surface area contributed by atoms with Gasteiger partial charge in [-0.2, -0.15) is 0 Å². The number of ether oxygens (including phenoxy) is 1. The zero-order valence-electron chi connectivity index (χ0n) is 17.1. The molecule has 30 heavy (non-hydrogen) atoms. The molecule has 0 unspecified atom stereocenters. The lowest BCUT2D eigenvalue weighted by Gasteiger charge is -2.16. The largest absolute Gasteiger partial charge is 0.491 e. The first-order valence-corrected chi connectivity index (χ1v) is 11.3. The zero-order valence-corrected chi connectivity index (χ0v) is 18.7. The van der Waals surface area contributed by atoms with Crippen LogP contribution in [0.1, 0.15) is 37.3 Å². The number of amides is 1. The van der Waals surface area contributed by atoms with Crippen molar-refractivity contribution in [3.05, 3.63) is 70.8 Å². The van der Waals surface area contributed by atoms with Crippen molar-refractivity contribution in [2.24, 2.45) is 0 Å². The summed E-state index contributed by atoms with van der Waals surface area (Å²) in [6.45, 7) is 5.71. The van der Waals surface area contributed by atoms with E-state index in [1.165, 1.54) is 17.3 Å². The molecule has 1 atom stereocenters. The van der Waals surface area contributed by atoms with Gasteiger partial charge in [0.1, 0.15) is 16.7 Å². The van der Waals surface area contributed by atoms with Crippen LogP contribution in [0.3, 0.4) is 0 Å². The lowest BCUT2D eigenvalue weighted by atomic mass is 9.98. The normalized spacial score (nSPS) is 16.3. The Morgan fingerprint density at radius 3 is 2.73 bits per heavy atom. The molecule has 1 aliphatic rings. The van der Waals surface area contributed by atoms with Crippen LogP contribution in [0.25, 0.3) is 17.0 Å². The Bertz CT molecular complexity index is 1130. The molecule has 0 radical (unpaired) electrons. The van der Waals surface area contributed by atoms with Gasteiger partial charge in [-0.25, -0.2) is 0 Å². The topological polar surface area (TPSA) is 43.3 Å². The number of fused-ring (bicyclic) bond motifs is 1. The van der Waals surface area contributed by atoms with E-state index < -0.39 is 0 Å². The van der Waals surface area contributed by atoms with E-state index in [9.17, 15) is 4.79 Å². The molecular weight excluding hydrogens is 412 g/mol. The number of carbonyl (C=O) groups is 1. The van der Waals surface area contributed by atoms with Gasteiger partial charge in [0, 0.05) is 22.7 Å². The molecule has 1 aromatic heterocycles. The highest BCUT2D eigenvalue weighted by Gasteiger charge is 2.22. The molecule has 1 saturated heterocycles. The minimum atomic E-state index is -0.133. The maximum atomic E-state index is 12.1. The first-order chi connectivity index (χ1) is 14.6. The molecule has 1 amide bonds. The summed E-state index contributed by atoms with van der Waals surface area (Å²) in [6.07, 6.45) is 5.07. The van der Waals surface area contributed by atoms with E-state index in [-0.39, 0.29) is 5.91 Å². The number of thioether (sulfide) groups is 1. The van der Waals surface area contributed by atoms with Crippen molar-refractivity contribution in [1.82, 2.24) is 9.88 Å². The van der Waals surface area contributed by atoms with E-state index in [1.54, 1.807) is 0 Å². The van der Waals surface area contributed by atoms with Crippen LogP contribution >= 0.6 is 24.0 Å². The highest BCUT2D eigenvalue weighted by atomic mass is 32.2. The van der Waals surface area contributed by atoms with Crippen molar-refractivity contribution in [1.29, 1.82) is 0 Å². The molecule has 1 N–H and O–H groups in total. The first kappa shape index (κ1) is 20.7. The van der Waals surface area contributed by atoms with Gasteiger partial charge < -0.3 is 14.6 Å². The van der Waals surface area contributed by atoms with Crippen molar-refractivity contribution in [3.8, 4) is 5.75 Å². The van der Waals surface area contributed by atoms with Gasteiger partial charge >= 0.3 is 0 Å².